The third-order valence-electron chi connectivity index (χ3n) is 2.62. The van der Waals surface area contributed by atoms with Crippen molar-refractivity contribution in [2.75, 3.05) is 6.61 Å². The normalized spacial score (nSPS) is 12.4. The molecule has 0 unspecified atom stereocenters. The van der Waals surface area contributed by atoms with E-state index in [4.69, 9.17) is 4.74 Å². The molecule has 2 nitrogen and oxygen atoms in total. The third-order valence-corrected chi connectivity index (χ3v) is 2.62. The number of ether oxygens (including phenoxy) is 1. The maximum Gasteiger partial charge on any atom is 0.331 e. The minimum absolute atomic E-state index is 0.0714. The van der Waals surface area contributed by atoms with E-state index in [1.807, 2.05) is 6.92 Å². The van der Waals surface area contributed by atoms with Gasteiger partial charge in [-0.25, -0.2) is 4.79 Å². The molecule has 0 amide bonds. The average molecular weight is 210 g/mol. The second-order valence-corrected chi connectivity index (χ2v) is 4.38. The second-order valence-electron chi connectivity index (χ2n) is 4.38. The van der Waals surface area contributed by atoms with Crippen LogP contribution in [0, 0.1) is 5.41 Å². The van der Waals surface area contributed by atoms with Crippen LogP contribution in [0.15, 0.2) is 24.3 Å². The molecule has 15 heavy (non-hydrogen) atoms. The van der Waals surface area contributed by atoms with E-state index in [9.17, 15) is 4.79 Å². The number of hydrogen-bond acceptors (Lipinski definition) is 2. The number of esters is 1. The van der Waals surface area contributed by atoms with Crippen LogP contribution in [0.1, 0.15) is 40.5 Å². The van der Waals surface area contributed by atoms with Crippen LogP contribution in [0.3, 0.4) is 0 Å². The molecule has 0 saturated carbocycles. The van der Waals surface area contributed by atoms with Gasteiger partial charge in [0.1, 0.15) is 6.61 Å². The minimum atomic E-state index is -0.281. The van der Waals surface area contributed by atoms with Crippen molar-refractivity contribution in [2.45, 2.75) is 40.5 Å². The van der Waals surface area contributed by atoms with Crippen molar-refractivity contribution in [3.8, 4) is 0 Å². The summed E-state index contributed by atoms with van der Waals surface area (Å²) >= 11 is 0. The number of rotatable bonds is 6. The van der Waals surface area contributed by atoms with Gasteiger partial charge in [-0.3, -0.25) is 0 Å². The van der Waals surface area contributed by atoms with E-state index in [-0.39, 0.29) is 18.0 Å². The molecule has 0 atom stereocenters. The molecule has 0 saturated heterocycles. The molecule has 0 aliphatic carbocycles. The monoisotopic (exact) mass is 210 g/mol. The van der Waals surface area contributed by atoms with E-state index in [1.54, 1.807) is 12.2 Å². The number of carbonyl (C=O) groups is 1. The van der Waals surface area contributed by atoms with Gasteiger partial charge in [0.25, 0.3) is 0 Å². The molecule has 2 heteroatoms. The SMILES string of the molecule is C=CCOC(=O)C=C(C)C(C)(C)CCC. The van der Waals surface area contributed by atoms with E-state index < -0.39 is 0 Å². The molecule has 0 N–H and O–H groups in total. The summed E-state index contributed by atoms with van der Waals surface area (Å²) in [6, 6.07) is 0. The highest BCUT2D eigenvalue weighted by Crippen LogP contribution is 2.30. The van der Waals surface area contributed by atoms with E-state index in [0.29, 0.717) is 0 Å². The van der Waals surface area contributed by atoms with Gasteiger partial charge in [-0.2, -0.15) is 0 Å². The summed E-state index contributed by atoms with van der Waals surface area (Å²) in [6.07, 6.45) is 5.33. The van der Waals surface area contributed by atoms with Crippen LogP contribution in [0.5, 0.6) is 0 Å². The maximum atomic E-state index is 11.3. The molecule has 0 radical (unpaired) electrons. The first-order valence-corrected chi connectivity index (χ1v) is 5.40. The van der Waals surface area contributed by atoms with Gasteiger partial charge in [0.05, 0.1) is 0 Å². The number of carbonyl (C=O) groups excluding carboxylic acids is 1. The van der Waals surface area contributed by atoms with Crippen LogP contribution in [0.4, 0.5) is 0 Å². The van der Waals surface area contributed by atoms with Crippen molar-refractivity contribution in [1.82, 2.24) is 0 Å². The van der Waals surface area contributed by atoms with Crippen LogP contribution in [0.25, 0.3) is 0 Å². The van der Waals surface area contributed by atoms with Crippen molar-refractivity contribution in [1.29, 1.82) is 0 Å². The fourth-order valence-corrected chi connectivity index (χ4v) is 1.38. The quantitative estimate of drug-likeness (QED) is 0.381. The third kappa shape index (κ3) is 5.40. The van der Waals surface area contributed by atoms with E-state index in [1.165, 1.54) is 0 Å². The van der Waals surface area contributed by atoms with Crippen molar-refractivity contribution in [2.24, 2.45) is 5.41 Å². The van der Waals surface area contributed by atoms with Gasteiger partial charge >= 0.3 is 5.97 Å². The molecule has 0 fully saturated rings. The van der Waals surface area contributed by atoms with Gasteiger partial charge in [0.2, 0.25) is 0 Å². The Kier molecular flexibility index (Phi) is 5.99. The van der Waals surface area contributed by atoms with E-state index in [0.717, 1.165) is 18.4 Å². The van der Waals surface area contributed by atoms with Crippen molar-refractivity contribution in [3.05, 3.63) is 24.3 Å². The lowest BCUT2D eigenvalue weighted by Gasteiger charge is -2.24. The van der Waals surface area contributed by atoms with Gasteiger partial charge in [0.15, 0.2) is 0 Å². The molecular weight excluding hydrogens is 188 g/mol. The first kappa shape index (κ1) is 13.9. The minimum Gasteiger partial charge on any atom is -0.458 e. The van der Waals surface area contributed by atoms with Crippen LogP contribution < -0.4 is 0 Å². The Bertz CT molecular complexity index is 249. The second kappa shape index (κ2) is 6.44. The zero-order chi connectivity index (χ0) is 11.9. The molecule has 0 heterocycles. The Morgan fingerprint density at radius 3 is 2.53 bits per heavy atom. The Morgan fingerprint density at radius 2 is 2.07 bits per heavy atom. The molecular formula is C13H22O2. The summed E-state index contributed by atoms with van der Waals surface area (Å²) < 4.78 is 4.90. The van der Waals surface area contributed by atoms with Crippen molar-refractivity contribution >= 4 is 5.97 Å². The van der Waals surface area contributed by atoms with Gasteiger partial charge in [-0.05, 0) is 18.8 Å². The summed E-state index contributed by atoms with van der Waals surface area (Å²) in [5.41, 5.74) is 1.14. The Balaban J connectivity index is 4.40. The van der Waals surface area contributed by atoms with E-state index >= 15 is 0 Å². The zero-order valence-corrected chi connectivity index (χ0v) is 10.3. The summed E-state index contributed by atoms with van der Waals surface area (Å²) in [4.78, 5) is 11.3. The molecule has 0 rings (SSSR count). The molecule has 0 aliphatic heterocycles. The van der Waals surface area contributed by atoms with Crippen LogP contribution >= 0.6 is 0 Å². The molecule has 0 aromatic carbocycles. The van der Waals surface area contributed by atoms with E-state index in [2.05, 4.69) is 27.4 Å². The van der Waals surface area contributed by atoms with Gasteiger partial charge in [0, 0.05) is 6.08 Å². The van der Waals surface area contributed by atoms with Crippen molar-refractivity contribution < 1.29 is 9.53 Å². The molecule has 0 aromatic rings. The standard InChI is InChI=1S/C13H22O2/c1-6-8-13(4,5)11(3)10-12(14)15-9-7-2/h7,10H,2,6,8-9H2,1,3-5H3. The zero-order valence-electron chi connectivity index (χ0n) is 10.3. The fraction of sp³-hybridized carbons (Fsp3) is 0.615. The lowest BCUT2D eigenvalue weighted by Crippen LogP contribution is -2.14. The first-order chi connectivity index (χ1) is 6.94. The topological polar surface area (TPSA) is 26.3 Å². The molecule has 0 aliphatic rings. The predicted octanol–water partition coefficient (Wildman–Crippen LogP) is 3.49. The number of hydrogen-bond donors (Lipinski definition) is 0. The molecule has 0 bridgehead atoms. The Hall–Kier alpha value is -1.05. The fourth-order valence-electron chi connectivity index (χ4n) is 1.38. The summed E-state index contributed by atoms with van der Waals surface area (Å²) in [6.45, 7) is 12.2. The first-order valence-electron chi connectivity index (χ1n) is 5.40. The Labute approximate surface area is 93.0 Å². The molecule has 86 valence electrons. The Morgan fingerprint density at radius 1 is 1.47 bits per heavy atom. The highest BCUT2D eigenvalue weighted by Gasteiger charge is 2.19. The summed E-state index contributed by atoms with van der Waals surface area (Å²) in [7, 11) is 0. The van der Waals surface area contributed by atoms with Gasteiger partial charge in [-0.1, -0.05) is 45.4 Å². The van der Waals surface area contributed by atoms with Crippen LogP contribution in [-0.4, -0.2) is 12.6 Å². The van der Waals surface area contributed by atoms with Crippen LogP contribution in [-0.2, 0) is 9.53 Å². The smallest absolute Gasteiger partial charge is 0.331 e. The van der Waals surface area contributed by atoms with Gasteiger partial charge < -0.3 is 4.74 Å². The number of allylic oxidation sites excluding steroid dienone is 1. The van der Waals surface area contributed by atoms with Gasteiger partial charge in [-0.15, -0.1) is 0 Å². The predicted molar refractivity (Wildman–Crippen MR) is 63.6 cm³/mol. The molecule has 0 aromatic heterocycles. The lowest BCUT2D eigenvalue weighted by molar-refractivity contribution is -0.136. The highest BCUT2D eigenvalue weighted by atomic mass is 16.5. The maximum absolute atomic E-state index is 11.3. The van der Waals surface area contributed by atoms with Crippen LogP contribution in [0.2, 0.25) is 0 Å². The lowest BCUT2D eigenvalue weighted by atomic mass is 9.81. The molecule has 0 spiro atoms. The average Bonchev–Trinajstić information content (AvgIpc) is 2.14. The summed E-state index contributed by atoms with van der Waals surface area (Å²) in [5, 5.41) is 0. The van der Waals surface area contributed by atoms with Crippen molar-refractivity contribution in [3.63, 3.8) is 0 Å². The largest absolute Gasteiger partial charge is 0.458 e. The highest BCUT2D eigenvalue weighted by molar-refractivity contribution is 5.83. The summed E-state index contributed by atoms with van der Waals surface area (Å²) in [5.74, 6) is -0.281.